The molecular weight excluding hydrogens is 418 g/mol. The predicted octanol–water partition coefficient (Wildman–Crippen LogP) is 5.37. The monoisotopic (exact) mass is 447 g/mol. The van der Waals surface area contributed by atoms with Gasteiger partial charge in [0.1, 0.15) is 6.61 Å². The molecule has 6 nitrogen and oxygen atoms in total. The van der Waals surface area contributed by atoms with Crippen LogP contribution in [0, 0.1) is 0 Å². The first-order chi connectivity index (χ1) is 15.8. The Morgan fingerprint density at radius 1 is 0.879 bits per heavy atom. The topological polar surface area (TPSA) is 73.9 Å². The summed E-state index contributed by atoms with van der Waals surface area (Å²) >= 11 is 0. The van der Waals surface area contributed by atoms with Gasteiger partial charge in [0.2, 0.25) is 0 Å². The molecule has 3 aromatic carbocycles. The second-order valence-corrected chi connectivity index (χ2v) is 8.59. The number of hydrogen-bond acceptors (Lipinski definition) is 5. The number of methoxy groups -OCH3 is 1. The van der Waals surface area contributed by atoms with E-state index in [0.29, 0.717) is 23.8 Å². The van der Waals surface area contributed by atoms with Gasteiger partial charge in [0.05, 0.1) is 12.7 Å². The minimum absolute atomic E-state index is 0.0290. The number of ether oxygens (including phenoxy) is 3. The average Bonchev–Trinajstić information content (AvgIpc) is 2.81. The fraction of sp³-hybridized carbons (Fsp3) is 0.259. The molecule has 0 aromatic heterocycles. The van der Waals surface area contributed by atoms with Crippen LogP contribution in [0.4, 0.5) is 5.69 Å². The first-order valence-corrected chi connectivity index (χ1v) is 10.7. The Bertz CT molecular complexity index is 1090. The third-order valence-corrected chi connectivity index (χ3v) is 5.01. The van der Waals surface area contributed by atoms with Crippen molar-refractivity contribution in [2.24, 2.45) is 0 Å². The van der Waals surface area contributed by atoms with Gasteiger partial charge in [0.15, 0.2) is 18.1 Å². The van der Waals surface area contributed by atoms with Crippen LogP contribution in [-0.4, -0.2) is 25.6 Å². The van der Waals surface area contributed by atoms with Gasteiger partial charge in [-0.05, 0) is 46.9 Å². The lowest BCUT2D eigenvalue weighted by Crippen LogP contribution is -2.21. The second kappa shape index (κ2) is 10.7. The highest BCUT2D eigenvalue weighted by Crippen LogP contribution is 2.29. The Kier molecular flexibility index (Phi) is 7.72. The summed E-state index contributed by atoms with van der Waals surface area (Å²) in [5.41, 5.74) is 3.12. The van der Waals surface area contributed by atoms with Crippen molar-refractivity contribution in [3.63, 3.8) is 0 Å². The second-order valence-electron chi connectivity index (χ2n) is 8.59. The smallest absolute Gasteiger partial charge is 0.338 e. The molecule has 0 aliphatic rings. The van der Waals surface area contributed by atoms with Crippen LogP contribution in [0.25, 0.3) is 0 Å². The lowest BCUT2D eigenvalue weighted by Gasteiger charge is -2.19. The maximum atomic E-state index is 12.4. The molecule has 0 bridgehead atoms. The van der Waals surface area contributed by atoms with Crippen LogP contribution in [0.3, 0.4) is 0 Å². The van der Waals surface area contributed by atoms with Gasteiger partial charge in [-0.3, -0.25) is 4.79 Å². The van der Waals surface area contributed by atoms with Crippen molar-refractivity contribution in [3.05, 3.63) is 89.5 Å². The van der Waals surface area contributed by atoms with Crippen molar-refractivity contribution in [1.29, 1.82) is 0 Å². The van der Waals surface area contributed by atoms with E-state index in [1.807, 2.05) is 54.6 Å². The van der Waals surface area contributed by atoms with E-state index in [0.717, 1.165) is 11.1 Å². The highest BCUT2D eigenvalue weighted by Gasteiger charge is 2.16. The molecule has 0 spiro atoms. The van der Waals surface area contributed by atoms with Gasteiger partial charge in [0.25, 0.3) is 5.91 Å². The minimum Gasteiger partial charge on any atom is -0.493 e. The quantitative estimate of drug-likeness (QED) is 0.470. The Morgan fingerprint density at radius 3 is 2.21 bits per heavy atom. The van der Waals surface area contributed by atoms with E-state index in [1.165, 1.54) is 13.2 Å². The van der Waals surface area contributed by atoms with Crippen molar-refractivity contribution >= 4 is 17.6 Å². The molecule has 1 amide bonds. The van der Waals surface area contributed by atoms with E-state index in [-0.39, 0.29) is 11.0 Å². The van der Waals surface area contributed by atoms with Gasteiger partial charge in [-0.1, -0.05) is 63.2 Å². The number of benzene rings is 3. The van der Waals surface area contributed by atoms with Crippen LogP contribution >= 0.6 is 0 Å². The molecule has 172 valence electrons. The number of esters is 1. The molecule has 3 aromatic rings. The largest absolute Gasteiger partial charge is 0.493 e. The molecule has 0 unspecified atom stereocenters. The summed E-state index contributed by atoms with van der Waals surface area (Å²) in [6, 6.07) is 22.1. The molecule has 1 N–H and O–H groups in total. The Hall–Kier alpha value is -3.80. The van der Waals surface area contributed by atoms with E-state index < -0.39 is 18.5 Å². The molecule has 0 fully saturated rings. The molecule has 0 heterocycles. The standard InChI is InChI=1S/C27H29NO5/c1-27(2,3)21-11-13-22(14-12-21)28-25(29)18-33-26(30)20-10-15-23(24(16-20)31-4)32-17-19-8-6-5-7-9-19/h5-16H,17-18H2,1-4H3,(H,28,29). The zero-order valence-corrected chi connectivity index (χ0v) is 19.4. The summed E-state index contributed by atoms with van der Waals surface area (Å²) in [6.45, 7) is 6.34. The average molecular weight is 448 g/mol. The summed E-state index contributed by atoms with van der Waals surface area (Å²) in [5.74, 6) is -0.124. The van der Waals surface area contributed by atoms with E-state index in [1.54, 1.807) is 12.1 Å². The molecule has 0 saturated carbocycles. The number of carbonyl (C=O) groups is 2. The van der Waals surface area contributed by atoms with Crippen LogP contribution in [0.5, 0.6) is 11.5 Å². The number of rotatable bonds is 8. The number of anilines is 1. The van der Waals surface area contributed by atoms with Crippen molar-refractivity contribution in [2.75, 3.05) is 19.0 Å². The first-order valence-electron chi connectivity index (χ1n) is 10.7. The van der Waals surface area contributed by atoms with Crippen molar-refractivity contribution in [3.8, 4) is 11.5 Å². The third kappa shape index (κ3) is 6.84. The fourth-order valence-electron chi connectivity index (χ4n) is 3.11. The minimum atomic E-state index is -0.624. The predicted molar refractivity (Wildman–Crippen MR) is 128 cm³/mol. The van der Waals surface area contributed by atoms with E-state index in [2.05, 4.69) is 26.1 Å². The molecule has 6 heteroatoms. The highest BCUT2D eigenvalue weighted by molar-refractivity contribution is 5.95. The Morgan fingerprint density at radius 2 is 1.58 bits per heavy atom. The Labute approximate surface area is 194 Å². The van der Waals surface area contributed by atoms with Crippen LogP contribution in [0.15, 0.2) is 72.8 Å². The van der Waals surface area contributed by atoms with E-state index in [4.69, 9.17) is 14.2 Å². The molecule has 33 heavy (non-hydrogen) atoms. The summed E-state index contributed by atoms with van der Waals surface area (Å²) < 4.78 is 16.3. The lowest BCUT2D eigenvalue weighted by atomic mass is 9.87. The zero-order valence-electron chi connectivity index (χ0n) is 19.4. The Balaban J connectivity index is 1.54. The zero-order chi connectivity index (χ0) is 23.8. The number of nitrogens with one attached hydrogen (secondary N) is 1. The van der Waals surface area contributed by atoms with Gasteiger partial charge >= 0.3 is 5.97 Å². The third-order valence-electron chi connectivity index (χ3n) is 5.01. The molecule has 0 aliphatic heterocycles. The van der Waals surface area contributed by atoms with E-state index >= 15 is 0 Å². The van der Waals surface area contributed by atoms with Crippen molar-refractivity contribution < 1.29 is 23.8 Å². The molecule has 0 aliphatic carbocycles. The van der Waals surface area contributed by atoms with Crippen molar-refractivity contribution in [2.45, 2.75) is 32.8 Å². The van der Waals surface area contributed by atoms with Gasteiger partial charge in [0, 0.05) is 5.69 Å². The fourth-order valence-corrected chi connectivity index (χ4v) is 3.11. The van der Waals surface area contributed by atoms with Crippen LogP contribution in [0.2, 0.25) is 0 Å². The maximum absolute atomic E-state index is 12.4. The van der Waals surface area contributed by atoms with Crippen LogP contribution in [-0.2, 0) is 21.6 Å². The first kappa shape index (κ1) is 23.9. The number of hydrogen-bond donors (Lipinski definition) is 1. The molecule has 0 radical (unpaired) electrons. The van der Waals surface area contributed by atoms with Crippen molar-refractivity contribution in [1.82, 2.24) is 0 Å². The summed E-state index contributed by atoms with van der Waals surface area (Å²) in [7, 11) is 1.50. The molecule has 0 atom stereocenters. The summed E-state index contributed by atoms with van der Waals surface area (Å²) in [6.07, 6.45) is 0. The van der Waals surface area contributed by atoms with Gasteiger partial charge < -0.3 is 19.5 Å². The highest BCUT2D eigenvalue weighted by atomic mass is 16.5. The maximum Gasteiger partial charge on any atom is 0.338 e. The van der Waals surface area contributed by atoms with Crippen LogP contribution in [0.1, 0.15) is 42.3 Å². The van der Waals surface area contributed by atoms with Gasteiger partial charge in [-0.25, -0.2) is 4.79 Å². The summed E-state index contributed by atoms with van der Waals surface area (Å²) in [5, 5.41) is 2.73. The molecule has 0 saturated heterocycles. The normalized spacial score (nSPS) is 10.9. The van der Waals surface area contributed by atoms with Crippen LogP contribution < -0.4 is 14.8 Å². The van der Waals surface area contributed by atoms with Gasteiger partial charge in [-0.15, -0.1) is 0 Å². The number of amides is 1. The lowest BCUT2D eigenvalue weighted by molar-refractivity contribution is -0.119. The SMILES string of the molecule is COc1cc(C(=O)OCC(=O)Nc2ccc(C(C)(C)C)cc2)ccc1OCc1ccccc1. The molecular formula is C27H29NO5. The van der Waals surface area contributed by atoms with Gasteiger partial charge in [-0.2, -0.15) is 0 Å². The van der Waals surface area contributed by atoms with E-state index in [9.17, 15) is 9.59 Å². The summed E-state index contributed by atoms with van der Waals surface area (Å²) in [4.78, 5) is 24.6. The molecule has 3 rings (SSSR count). The number of carbonyl (C=O) groups excluding carboxylic acids is 2.